The van der Waals surface area contributed by atoms with Gasteiger partial charge in [0.25, 0.3) is 0 Å². The summed E-state index contributed by atoms with van der Waals surface area (Å²) in [6.07, 6.45) is 1.18. The fourth-order valence-corrected chi connectivity index (χ4v) is 2.02. The van der Waals surface area contributed by atoms with Crippen LogP contribution in [-0.2, 0) is 5.75 Å². The molecule has 0 fully saturated rings. The Kier molecular flexibility index (Phi) is 5.84. The first-order valence-electron chi connectivity index (χ1n) is 5.76. The molecule has 0 spiro atoms. The predicted molar refractivity (Wildman–Crippen MR) is 67.7 cm³/mol. The van der Waals surface area contributed by atoms with Gasteiger partial charge in [0, 0.05) is 6.04 Å². The topological polar surface area (TPSA) is 51.0 Å². The number of likely N-dealkylation sites (N-methyl/N-ethyl adjacent to an activating group) is 1. The van der Waals surface area contributed by atoms with Crippen LogP contribution in [0.4, 0.5) is 0 Å². The van der Waals surface area contributed by atoms with Crippen LogP contribution in [0, 0.1) is 0 Å². The maximum absolute atomic E-state index is 5.27. The van der Waals surface area contributed by atoms with Gasteiger partial charge in [-0.15, -0.1) is 0 Å². The zero-order chi connectivity index (χ0) is 12.0. The third kappa shape index (κ3) is 3.79. The van der Waals surface area contributed by atoms with Crippen molar-refractivity contribution in [2.24, 2.45) is 0 Å². The quantitative estimate of drug-likeness (QED) is 0.745. The van der Waals surface area contributed by atoms with Gasteiger partial charge in [0.1, 0.15) is 0 Å². The molecule has 0 aliphatic heterocycles. The number of thioether (sulfide) groups is 1. The van der Waals surface area contributed by atoms with E-state index in [1.807, 2.05) is 18.8 Å². The second kappa shape index (κ2) is 6.91. The molecule has 0 aromatic carbocycles. The molecule has 0 saturated heterocycles. The lowest BCUT2D eigenvalue weighted by Gasteiger charge is -2.14. The highest BCUT2D eigenvalue weighted by molar-refractivity contribution is 7.98. The summed E-state index contributed by atoms with van der Waals surface area (Å²) in [4.78, 5) is 4.41. The van der Waals surface area contributed by atoms with E-state index in [9.17, 15) is 0 Å². The number of nitrogens with one attached hydrogen (secondary N) is 1. The second-order valence-corrected chi connectivity index (χ2v) is 5.07. The van der Waals surface area contributed by atoms with E-state index in [2.05, 4.69) is 36.2 Å². The first-order chi connectivity index (χ1) is 7.69. The van der Waals surface area contributed by atoms with Gasteiger partial charge in [-0.2, -0.15) is 16.7 Å². The van der Waals surface area contributed by atoms with Gasteiger partial charge < -0.3 is 9.84 Å². The molecule has 1 heterocycles. The molecule has 0 amide bonds. The van der Waals surface area contributed by atoms with Crippen molar-refractivity contribution in [1.29, 1.82) is 0 Å². The highest BCUT2D eigenvalue weighted by atomic mass is 32.2. The molecule has 0 radical (unpaired) electrons. The summed E-state index contributed by atoms with van der Waals surface area (Å²) in [6, 6.07) is 0.344. The monoisotopic (exact) mass is 243 g/mol. The molecule has 92 valence electrons. The molecular formula is C11H21N3OS. The Labute approximate surface area is 102 Å². The van der Waals surface area contributed by atoms with E-state index in [0.29, 0.717) is 6.04 Å². The normalized spacial score (nSPS) is 15.0. The zero-order valence-electron chi connectivity index (χ0n) is 10.5. The maximum atomic E-state index is 5.27. The Hall–Kier alpha value is -0.550. The van der Waals surface area contributed by atoms with Crippen LogP contribution in [0.15, 0.2) is 4.52 Å². The van der Waals surface area contributed by atoms with E-state index in [0.717, 1.165) is 23.2 Å². The van der Waals surface area contributed by atoms with Crippen LogP contribution >= 0.6 is 11.8 Å². The molecule has 2 unspecified atom stereocenters. The summed E-state index contributed by atoms with van der Waals surface area (Å²) in [6.45, 7) is 6.38. The van der Waals surface area contributed by atoms with Gasteiger partial charge in [-0.25, -0.2) is 0 Å². The molecule has 16 heavy (non-hydrogen) atoms. The van der Waals surface area contributed by atoms with Gasteiger partial charge in [0.15, 0.2) is 5.82 Å². The lowest BCUT2D eigenvalue weighted by atomic mass is 10.0. The molecule has 1 rings (SSSR count). The first-order valence-corrected chi connectivity index (χ1v) is 6.92. The summed E-state index contributed by atoms with van der Waals surface area (Å²) < 4.78 is 5.27. The number of rotatable bonds is 7. The first kappa shape index (κ1) is 13.5. The van der Waals surface area contributed by atoms with Crippen molar-refractivity contribution in [3.8, 4) is 0 Å². The fourth-order valence-electron chi connectivity index (χ4n) is 1.28. The number of aromatic nitrogens is 2. The van der Waals surface area contributed by atoms with Gasteiger partial charge in [0.2, 0.25) is 5.89 Å². The molecule has 1 N–H and O–H groups in total. The largest absolute Gasteiger partial charge is 0.339 e. The van der Waals surface area contributed by atoms with E-state index in [4.69, 9.17) is 4.52 Å². The standard InChI is InChI=1S/C11H21N3OS/c1-5-6-16-7-10-13-11(15-14-10)8(2)9(3)12-4/h8-9,12H,5-7H2,1-4H3. The van der Waals surface area contributed by atoms with E-state index in [-0.39, 0.29) is 5.92 Å². The lowest BCUT2D eigenvalue weighted by molar-refractivity contribution is 0.334. The van der Waals surface area contributed by atoms with Gasteiger partial charge in [-0.05, 0) is 26.1 Å². The Morgan fingerprint density at radius 1 is 1.44 bits per heavy atom. The van der Waals surface area contributed by atoms with Crippen molar-refractivity contribution in [1.82, 2.24) is 15.5 Å². The summed E-state index contributed by atoms with van der Waals surface area (Å²) in [7, 11) is 1.94. The fraction of sp³-hybridized carbons (Fsp3) is 0.818. The molecule has 4 nitrogen and oxygen atoms in total. The van der Waals surface area contributed by atoms with E-state index < -0.39 is 0 Å². The maximum Gasteiger partial charge on any atom is 0.231 e. The Bertz CT molecular complexity index is 303. The molecule has 0 aliphatic carbocycles. The summed E-state index contributed by atoms with van der Waals surface area (Å²) >= 11 is 1.84. The average molecular weight is 243 g/mol. The van der Waals surface area contributed by atoms with Crippen LogP contribution < -0.4 is 5.32 Å². The zero-order valence-corrected chi connectivity index (χ0v) is 11.3. The Morgan fingerprint density at radius 2 is 2.19 bits per heavy atom. The highest BCUT2D eigenvalue weighted by Gasteiger charge is 2.19. The minimum absolute atomic E-state index is 0.252. The van der Waals surface area contributed by atoms with E-state index in [1.54, 1.807) is 0 Å². The van der Waals surface area contributed by atoms with Crippen LogP contribution in [0.2, 0.25) is 0 Å². The van der Waals surface area contributed by atoms with Crippen LogP contribution in [0.25, 0.3) is 0 Å². The minimum atomic E-state index is 0.252. The molecule has 0 saturated carbocycles. The minimum Gasteiger partial charge on any atom is -0.339 e. The van der Waals surface area contributed by atoms with Crippen molar-refractivity contribution in [2.75, 3.05) is 12.8 Å². The number of hydrogen-bond donors (Lipinski definition) is 1. The Balaban J connectivity index is 2.50. The molecule has 5 heteroatoms. The predicted octanol–water partition coefficient (Wildman–Crippen LogP) is 2.42. The molecule has 0 aliphatic rings. The number of nitrogens with zero attached hydrogens (tertiary/aromatic N) is 2. The van der Waals surface area contributed by atoms with Crippen molar-refractivity contribution >= 4 is 11.8 Å². The number of hydrogen-bond acceptors (Lipinski definition) is 5. The van der Waals surface area contributed by atoms with Crippen molar-refractivity contribution in [3.63, 3.8) is 0 Å². The van der Waals surface area contributed by atoms with Crippen LogP contribution in [0.1, 0.15) is 44.8 Å². The third-order valence-corrected chi connectivity index (χ3v) is 3.82. The van der Waals surface area contributed by atoms with Crippen molar-refractivity contribution in [3.05, 3.63) is 11.7 Å². The van der Waals surface area contributed by atoms with E-state index in [1.165, 1.54) is 6.42 Å². The van der Waals surface area contributed by atoms with E-state index >= 15 is 0 Å². The van der Waals surface area contributed by atoms with Gasteiger partial charge in [-0.1, -0.05) is 19.0 Å². The van der Waals surface area contributed by atoms with Crippen molar-refractivity contribution < 1.29 is 4.52 Å². The SMILES string of the molecule is CCCSCc1noc(C(C)C(C)NC)n1. The molecule has 1 aromatic heterocycles. The average Bonchev–Trinajstić information content (AvgIpc) is 2.76. The second-order valence-electron chi connectivity index (χ2n) is 3.97. The van der Waals surface area contributed by atoms with Crippen LogP contribution in [0.5, 0.6) is 0 Å². The summed E-state index contributed by atoms with van der Waals surface area (Å²) in [5.41, 5.74) is 0. The smallest absolute Gasteiger partial charge is 0.231 e. The van der Waals surface area contributed by atoms with Crippen molar-refractivity contribution in [2.45, 2.75) is 44.9 Å². The Morgan fingerprint density at radius 3 is 2.81 bits per heavy atom. The summed E-state index contributed by atoms with van der Waals surface area (Å²) in [5.74, 6) is 3.78. The van der Waals surface area contributed by atoms with Gasteiger partial charge in [0.05, 0.1) is 11.7 Å². The highest BCUT2D eigenvalue weighted by Crippen LogP contribution is 2.18. The summed E-state index contributed by atoms with van der Waals surface area (Å²) in [5, 5.41) is 7.18. The molecule has 2 atom stereocenters. The van der Waals surface area contributed by atoms with Crippen LogP contribution in [0.3, 0.4) is 0 Å². The van der Waals surface area contributed by atoms with Gasteiger partial charge in [-0.3, -0.25) is 0 Å². The molecule has 1 aromatic rings. The molecular weight excluding hydrogens is 222 g/mol. The molecule has 0 bridgehead atoms. The van der Waals surface area contributed by atoms with Gasteiger partial charge >= 0.3 is 0 Å². The third-order valence-electron chi connectivity index (χ3n) is 2.66. The lowest BCUT2D eigenvalue weighted by Crippen LogP contribution is -2.27. The van der Waals surface area contributed by atoms with Crippen LogP contribution in [-0.4, -0.2) is 29.0 Å².